The second-order valence-corrected chi connectivity index (χ2v) is 10.8. The average molecular weight is 611 g/mol. The number of carboxylic acid groups (broad SMARTS) is 1. The highest BCUT2D eigenvalue weighted by Crippen LogP contribution is 2.36. The fraction of sp³-hybridized carbons (Fsp3) is 0.172. The molecule has 2 amide bonds. The molecule has 0 aliphatic carbocycles. The molecule has 0 saturated heterocycles. The van der Waals surface area contributed by atoms with Gasteiger partial charge in [0.1, 0.15) is 16.4 Å². The molecule has 14 nitrogen and oxygen atoms in total. The molecule has 0 unspecified atom stereocenters. The van der Waals surface area contributed by atoms with E-state index < -0.39 is 17.4 Å². The van der Waals surface area contributed by atoms with Crippen LogP contribution in [-0.4, -0.2) is 62.5 Å². The van der Waals surface area contributed by atoms with Crippen molar-refractivity contribution in [3.05, 3.63) is 82.5 Å². The fourth-order valence-corrected chi connectivity index (χ4v) is 5.61. The topological polar surface area (TPSA) is 175 Å². The van der Waals surface area contributed by atoms with Crippen molar-refractivity contribution in [3.63, 3.8) is 0 Å². The van der Waals surface area contributed by atoms with Crippen molar-refractivity contribution < 1.29 is 14.7 Å². The van der Waals surface area contributed by atoms with Crippen molar-refractivity contribution in [1.82, 2.24) is 44.2 Å². The number of pyridine rings is 3. The van der Waals surface area contributed by atoms with Gasteiger partial charge in [0.25, 0.3) is 0 Å². The minimum absolute atomic E-state index is 0.177. The molecule has 0 atom stereocenters. The number of thiazole rings is 1. The molecular weight excluding hydrogens is 584 g/mol. The predicted octanol–water partition coefficient (Wildman–Crippen LogP) is 3.60. The summed E-state index contributed by atoms with van der Waals surface area (Å²) >= 11 is 1.39. The van der Waals surface area contributed by atoms with Crippen LogP contribution in [0.1, 0.15) is 23.0 Å². The van der Waals surface area contributed by atoms with Crippen molar-refractivity contribution in [2.75, 3.05) is 11.9 Å². The Hall–Kier alpha value is -5.70. The van der Waals surface area contributed by atoms with Gasteiger partial charge in [-0.05, 0) is 19.1 Å². The van der Waals surface area contributed by atoms with E-state index in [1.165, 1.54) is 23.7 Å². The second-order valence-electron chi connectivity index (χ2n) is 9.96. The molecule has 0 radical (unpaired) electrons. The minimum atomic E-state index is -1.33. The lowest BCUT2D eigenvalue weighted by molar-refractivity contribution is 0.0694. The Morgan fingerprint density at radius 1 is 1.00 bits per heavy atom. The van der Waals surface area contributed by atoms with E-state index in [1.807, 2.05) is 38.8 Å². The molecule has 0 spiro atoms. The standard InChI is InChI=1S/C29H26N10O4S/c1-4-30-29(43)36-25-6-18(27-35-23(14-44-27)16-7-34-38(3)10-16)20(8-32-25)22-5-19-24(9-31-22)39(12-17-11-37(2)15-33-17)13-21(26(19)40)28(41)42/h5-11,13-15H,4,12H2,1-3H3,(H,41,42)(H2,30,32,36,43). The maximum atomic E-state index is 13.4. The molecule has 0 saturated carbocycles. The number of fused-ring (bicyclic) bond motifs is 1. The molecule has 222 valence electrons. The van der Waals surface area contributed by atoms with E-state index in [4.69, 9.17) is 4.98 Å². The molecule has 0 aromatic carbocycles. The summed E-state index contributed by atoms with van der Waals surface area (Å²) in [7, 11) is 3.66. The summed E-state index contributed by atoms with van der Waals surface area (Å²) < 4.78 is 5.12. The van der Waals surface area contributed by atoms with Gasteiger partial charge in [0.15, 0.2) is 0 Å². The Morgan fingerprint density at radius 2 is 1.84 bits per heavy atom. The number of hydrogen-bond acceptors (Lipinski definition) is 9. The van der Waals surface area contributed by atoms with Gasteiger partial charge in [0.2, 0.25) is 5.43 Å². The van der Waals surface area contributed by atoms with Crippen molar-refractivity contribution in [2.24, 2.45) is 14.1 Å². The number of carbonyl (C=O) groups is 2. The van der Waals surface area contributed by atoms with Crippen molar-refractivity contribution in [2.45, 2.75) is 13.5 Å². The molecule has 6 rings (SSSR count). The van der Waals surface area contributed by atoms with Crippen LogP contribution < -0.4 is 16.1 Å². The number of aromatic carboxylic acids is 1. The number of hydrogen-bond donors (Lipinski definition) is 3. The largest absolute Gasteiger partial charge is 0.477 e. The number of rotatable bonds is 8. The van der Waals surface area contributed by atoms with Crippen molar-refractivity contribution >= 4 is 40.1 Å². The van der Waals surface area contributed by atoms with Gasteiger partial charge in [-0.2, -0.15) is 5.10 Å². The summed E-state index contributed by atoms with van der Waals surface area (Å²) in [6.07, 6.45) is 11.4. The third-order valence-electron chi connectivity index (χ3n) is 6.78. The summed E-state index contributed by atoms with van der Waals surface area (Å²) in [6, 6.07) is 2.84. The molecule has 6 aromatic rings. The summed E-state index contributed by atoms with van der Waals surface area (Å²) in [5, 5.41) is 22.1. The van der Waals surface area contributed by atoms with Crippen LogP contribution in [0.15, 0.2) is 65.8 Å². The van der Waals surface area contributed by atoms with Gasteiger partial charge in [0, 0.05) is 67.5 Å². The lowest BCUT2D eigenvalue weighted by atomic mass is 10.0. The van der Waals surface area contributed by atoms with Gasteiger partial charge < -0.3 is 19.6 Å². The van der Waals surface area contributed by atoms with Gasteiger partial charge in [-0.15, -0.1) is 11.3 Å². The van der Waals surface area contributed by atoms with E-state index in [2.05, 4.69) is 30.7 Å². The van der Waals surface area contributed by atoms with Crippen LogP contribution in [-0.2, 0) is 20.6 Å². The van der Waals surface area contributed by atoms with Gasteiger partial charge in [-0.3, -0.25) is 19.8 Å². The quantitative estimate of drug-likeness (QED) is 0.233. The highest BCUT2D eigenvalue weighted by atomic mass is 32.1. The molecule has 15 heteroatoms. The number of urea groups is 1. The first-order valence-electron chi connectivity index (χ1n) is 13.4. The number of imidazole rings is 1. The van der Waals surface area contributed by atoms with E-state index in [0.717, 1.165) is 5.56 Å². The monoisotopic (exact) mass is 610 g/mol. The minimum Gasteiger partial charge on any atom is -0.477 e. The van der Waals surface area contributed by atoms with Crippen LogP contribution >= 0.6 is 11.3 Å². The maximum Gasteiger partial charge on any atom is 0.341 e. The second kappa shape index (κ2) is 11.5. The zero-order chi connectivity index (χ0) is 31.0. The highest BCUT2D eigenvalue weighted by molar-refractivity contribution is 7.13. The van der Waals surface area contributed by atoms with Gasteiger partial charge in [0.05, 0.1) is 53.3 Å². The number of amides is 2. The number of carboxylic acids is 1. The number of anilines is 1. The first-order valence-corrected chi connectivity index (χ1v) is 14.3. The Balaban J connectivity index is 1.50. The van der Waals surface area contributed by atoms with Crippen LogP contribution in [0.4, 0.5) is 10.6 Å². The van der Waals surface area contributed by atoms with Crippen molar-refractivity contribution in [1.29, 1.82) is 0 Å². The highest BCUT2D eigenvalue weighted by Gasteiger charge is 2.20. The average Bonchev–Trinajstić information content (AvgIpc) is 3.75. The number of aromatic nitrogens is 8. The van der Waals surface area contributed by atoms with Gasteiger partial charge >= 0.3 is 12.0 Å². The SMILES string of the molecule is CCNC(=O)Nc1cc(-c2nc(-c3cnn(C)c3)cs2)c(-c2cc3c(=O)c(C(=O)O)cn(Cc4cn(C)cn4)c3cn2)cn1. The van der Waals surface area contributed by atoms with Gasteiger partial charge in [-0.25, -0.2) is 24.5 Å². The lowest BCUT2D eigenvalue weighted by Crippen LogP contribution is -2.28. The molecule has 0 fully saturated rings. The Kier molecular flexibility index (Phi) is 7.45. The van der Waals surface area contributed by atoms with E-state index >= 15 is 0 Å². The third-order valence-corrected chi connectivity index (χ3v) is 7.66. The lowest BCUT2D eigenvalue weighted by Gasteiger charge is -2.14. The Bertz CT molecular complexity index is 2110. The summed E-state index contributed by atoms with van der Waals surface area (Å²) in [5.41, 5.74) is 3.22. The molecule has 3 N–H and O–H groups in total. The third kappa shape index (κ3) is 5.55. The zero-order valence-corrected chi connectivity index (χ0v) is 24.7. The van der Waals surface area contributed by atoms with Crippen LogP contribution in [0.25, 0.3) is 44.0 Å². The Labute approximate surface area is 253 Å². The van der Waals surface area contributed by atoms with E-state index in [9.17, 15) is 19.5 Å². The molecular formula is C29H26N10O4S. The Morgan fingerprint density at radius 3 is 2.55 bits per heavy atom. The zero-order valence-electron chi connectivity index (χ0n) is 23.8. The molecule has 0 bridgehead atoms. The number of carbonyl (C=O) groups excluding carboxylic acids is 1. The summed E-state index contributed by atoms with van der Waals surface area (Å²) in [4.78, 5) is 55.9. The number of aryl methyl sites for hydroxylation is 2. The normalized spacial score (nSPS) is 11.2. The predicted molar refractivity (Wildman–Crippen MR) is 165 cm³/mol. The smallest absolute Gasteiger partial charge is 0.341 e. The fourth-order valence-electron chi connectivity index (χ4n) is 4.75. The molecule has 6 aromatic heterocycles. The molecule has 0 aliphatic rings. The number of nitrogens with zero attached hydrogens (tertiary/aromatic N) is 8. The molecule has 6 heterocycles. The maximum absolute atomic E-state index is 13.4. The van der Waals surface area contributed by atoms with E-state index in [0.29, 0.717) is 51.1 Å². The molecule has 44 heavy (non-hydrogen) atoms. The van der Waals surface area contributed by atoms with E-state index in [-0.39, 0.29) is 17.5 Å². The van der Waals surface area contributed by atoms with Crippen LogP contribution in [0, 0.1) is 0 Å². The summed E-state index contributed by atoms with van der Waals surface area (Å²) in [5.74, 6) is -1.04. The molecule has 0 aliphatic heterocycles. The van der Waals surface area contributed by atoms with Gasteiger partial charge in [-0.1, -0.05) is 0 Å². The first kappa shape index (κ1) is 28.4. The summed E-state index contributed by atoms with van der Waals surface area (Å²) in [6.45, 7) is 2.49. The van der Waals surface area contributed by atoms with Crippen LogP contribution in [0.3, 0.4) is 0 Å². The first-order chi connectivity index (χ1) is 21.2. The number of nitrogens with one attached hydrogen (secondary N) is 2. The van der Waals surface area contributed by atoms with Crippen LogP contribution in [0.5, 0.6) is 0 Å². The van der Waals surface area contributed by atoms with E-state index in [1.54, 1.807) is 44.7 Å². The van der Waals surface area contributed by atoms with Crippen LogP contribution in [0.2, 0.25) is 0 Å². The van der Waals surface area contributed by atoms with Crippen molar-refractivity contribution in [3.8, 4) is 33.1 Å².